The smallest absolute Gasteiger partial charge is 0.323 e. The number of amidine groups is 1. The van der Waals surface area contributed by atoms with E-state index in [-0.39, 0.29) is 11.9 Å². The fourth-order valence-electron chi connectivity index (χ4n) is 3.11. The van der Waals surface area contributed by atoms with Crippen molar-refractivity contribution in [1.29, 1.82) is 5.41 Å². The van der Waals surface area contributed by atoms with E-state index in [4.69, 9.17) is 10.1 Å². The molecule has 20 heavy (non-hydrogen) atoms. The van der Waals surface area contributed by atoms with Crippen LogP contribution in [0.25, 0.3) is 0 Å². The third-order valence-electron chi connectivity index (χ3n) is 3.95. The number of hydrogen-bond donors (Lipinski definition) is 2. The molecule has 0 saturated carbocycles. The summed E-state index contributed by atoms with van der Waals surface area (Å²) in [5.41, 5.74) is 0.228. The van der Waals surface area contributed by atoms with Crippen molar-refractivity contribution in [2.24, 2.45) is 5.92 Å². The average molecular weight is 273 g/mol. The lowest BCUT2D eigenvalue weighted by Crippen LogP contribution is -2.50. The Kier molecular flexibility index (Phi) is 2.92. The van der Waals surface area contributed by atoms with Crippen LogP contribution in [0.4, 0.5) is 4.79 Å². The molecule has 5 nitrogen and oxygen atoms in total. The summed E-state index contributed by atoms with van der Waals surface area (Å²) >= 11 is 0. The van der Waals surface area contributed by atoms with Crippen LogP contribution in [0.5, 0.6) is 5.75 Å². The summed E-state index contributed by atoms with van der Waals surface area (Å²) < 4.78 is 5.68. The van der Waals surface area contributed by atoms with Gasteiger partial charge in [0, 0.05) is 18.5 Å². The third-order valence-corrected chi connectivity index (χ3v) is 3.95. The zero-order valence-electron chi connectivity index (χ0n) is 11.8. The number of nitrogens with one attached hydrogen (secondary N) is 2. The summed E-state index contributed by atoms with van der Waals surface area (Å²) in [6.07, 6.45) is 0.619. The maximum Gasteiger partial charge on any atom is 0.323 e. The zero-order chi connectivity index (χ0) is 14.3. The maximum absolute atomic E-state index is 12.2. The number of urea groups is 1. The summed E-state index contributed by atoms with van der Waals surface area (Å²) in [7, 11) is 0. The molecule has 1 unspecified atom stereocenters. The number of carbonyl (C=O) groups excluding carboxylic acids is 1. The second-order valence-electron chi connectivity index (χ2n) is 5.76. The molecule has 0 bridgehead atoms. The number of carbonyl (C=O) groups is 1. The Balaban J connectivity index is 2.14. The second-order valence-corrected chi connectivity index (χ2v) is 5.76. The molecule has 2 amide bonds. The molecule has 5 heteroatoms. The first-order valence-corrected chi connectivity index (χ1v) is 6.95. The lowest BCUT2D eigenvalue weighted by Gasteiger charge is -2.41. The fraction of sp³-hybridized carbons (Fsp3) is 0.467. The van der Waals surface area contributed by atoms with Gasteiger partial charge >= 0.3 is 6.03 Å². The highest BCUT2D eigenvalue weighted by atomic mass is 16.5. The second kappa shape index (κ2) is 4.51. The summed E-state index contributed by atoms with van der Waals surface area (Å²) in [5, 5.41) is 11.0. The Morgan fingerprint density at radius 1 is 1.45 bits per heavy atom. The molecule has 0 aliphatic carbocycles. The molecule has 106 valence electrons. The normalized spacial score (nSPS) is 24.9. The number of rotatable bonds is 2. The van der Waals surface area contributed by atoms with Gasteiger partial charge in [0.2, 0.25) is 0 Å². The molecule has 0 radical (unpaired) electrons. The van der Waals surface area contributed by atoms with E-state index in [1.54, 1.807) is 4.90 Å². The van der Waals surface area contributed by atoms with Crippen LogP contribution in [0.1, 0.15) is 25.8 Å². The third kappa shape index (κ3) is 1.69. The Morgan fingerprint density at radius 2 is 2.20 bits per heavy atom. The SMILES string of the molecule is CC(C)CN1C(=O)NC(=N)C12CCOc1ccccc12. The van der Waals surface area contributed by atoms with Crippen LogP contribution in [-0.2, 0) is 5.54 Å². The van der Waals surface area contributed by atoms with Crippen molar-refractivity contribution in [3.63, 3.8) is 0 Å². The Hall–Kier alpha value is -2.04. The van der Waals surface area contributed by atoms with E-state index in [0.29, 0.717) is 25.5 Å². The first-order chi connectivity index (χ1) is 9.55. The number of para-hydroxylation sites is 1. The number of benzene rings is 1. The molecule has 1 saturated heterocycles. The van der Waals surface area contributed by atoms with E-state index in [1.165, 1.54) is 0 Å². The first kappa shape index (κ1) is 13.0. The van der Waals surface area contributed by atoms with Gasteiger partial charge < -0.3 is 9.64 Å². The van der Waals surface area contributed by atoms with Crippen molar-refractivity contribution in [3.05, 3.63) is 29.8 Å². The van der Waals surface area contributed by atoms with Gasteiger partial charge in [0.15, 0.2) is 0 Å². The molecule has 2 N–H and O–H groups in total. The van der Waals surface area contributed by atoms with E-state index < -0.39 is 5.54 Å². The maximum atomic E-state index is 12.2. The highest BCUT2D eigenvalue weighted by Crippen LogP contribution is 2.44. The van der Waals surface area contributed by atoms with E-state index in [9.17, 15) is 4.79 Å². The van der Waals surface area contributed by atoms with Gasteiger partial charge in [-0.2, -0.15) is 0 Å². The highest BCUT2D eigenvalue weighted by Gasteiger charge is 2.54. The van der Waals surface area contributed by atoms with Crippen LogP contribution >= 0.6 is 0 Å². The lowest BCUT2D eigenvalue weighted by molar-refractivity contribution is 0.123. The zero-order valence-corrected chi connectivity index (χ0v) is 11.8. The van der Waals surface area contributed by atoms with Gasteiger partial charge in [-0.15, -0.1) is 0 Å². The molecular weight excluding hydrogens is 254 g/mol. The molecule has 3 rings (SSSR count). The van der Waals surface area contributed by atoms with Crippen molar-refractivity contribution in [2.75, 3.05) is 13.2 Å². The molecule has 1 spiro atoms. The topological polar surface area (TPSA) is 65.4 Å². The van der Waals surface area contributed by atoms with Crippen LogP contribution in [-0.4, -0.2) is 29.9 Å². The van der Waals surface area contributed by atoms with Crippen LogP contribution in [0.2, 0.25) is 0 Å². The predicted molar refractivity (Wildman–Crippen MR) is 76.0 cm³/mol. The number of ether oxygens (including phenoxy) is 1. The minimum absolute atomic E-state index is 0.180. The molecule has 1 fully saturated rings. The van der Waals surface area contributed by atoms with Crippen LogP contribution in [0.15, 0.2) is 24.3 Å². The van der Waals surface area contributed by atoms with Gasteiger partial charge in [-0.1, -0.05) is 32.0 Å². The van der Waals surface area contributed by atoms with Crippen molar-refractivity contribution in [2.45, 2.75) is 25.8 Å². The summed E-state index contributed by atoms with van der Waals surface area (Å²) in [6.45, 7) is 5.30. The molecule has 0 aromatic heterocycles. The van der Waals surface area contributed by atoms with Gasteiger partial charge in [0.25, 0.3) is 0 Å². The van der Waals surface area contributed by atoms with Crippen molar-refractivity contribution >= 4 is 11.9 Å². The quantitative estimate of drug-likeness (QED) is 0.868. The van der Waals surface area contributed by atoms with Crippen molar-refractivity contribution in [3.8, 4) is 5.75 Å². The largest absolute Gasteiger partial charge is 0.493 e. The predicted octanol–water partition coefficient (Wildman–Crippen LogP) is 2.32. The van der Waals surface area contributed by atoms with Gasteiger partial charge in [-0.25, -0.2) is 4.79 Å². The molecule has 1 aromatic rings. The number of amides is 2. The van der Waals surface area contributed by atoms with Gasteiger partial charge in [-0.3, -0.25) is 10.7 Å². The minimum atomic E-state index is -0.684. The van der Waals surface area contributed by atoms with E-state index >= 15 is 0 Å². The standard InChI is InChI=1S/C15H19N3O2/c1-10(2)9-18-14(19)17-13(16)15(18)7-8-20-12-6-4-3-5-11(12)15/h3-6,10H,7-9H2,1-2H3,(H2,16,17,19). The fourth-order valence-corrected chi connectivity index (χ4v) is 3.11. The van der Waals surface area contributed by atoms with Gasteiger partial charge in [0.1, 0.15) is 17.1 Å². The van der Waals surface area contributed by atoms with E-state index in [0.717, 1.165) is 11.3 Å². The molecule has 2 heterocycles. The van der Waals surface area contributed by atoms with E-state index in [2.05, 4.69) is 19.2 Å². The molecular formula is C15H19N3O2. The Bertz CT molecular complexity index is 570. The number of hydrogen-bond acceptors (Lipinski definition) is 3. The summed E-state index contributed by atoms with van der Waals surface area (Å²) in [5.74, 6) is 1.38. The molecule has 2 aliphatic heterocycles. The number of fused-ring (bicyclic) bond motifs is 2. The van der Waals surface area contributed by atoms with Gasteiger partial charge in [0.05, 0.1) is 6.61 Å². The highest BCUT2D eigenvalue weighted by molar-refractivity contribution is 6.09. The van der Waals surface area contributed by atoms with Crippen molar-refractivity contribution < 1.29 is 9.53 Å². The van der Waals surface area contributed by atoms with Crippen LogP contribution in [0, 0.1) is 11.3 Å². The molecule has 1 aromatic carbocycles. The minimum Gasteiger partial charge on any atom is -0.493 e. The Morgan fingerprint density at radius 3 is 2.95 bits per heavy atom. The monoisotopic (exact) mass is 273 g/mol. The van der Waals surface area contributed by atoms with Crippen molar-refractivity contribution in [1.82, 2.24) is 10.2 Å². The number of nitrogens with zero attached hydrogens (tertiary/aromatic N) is 1. The lowest BCUT2D eigenvalue weighted by atomic mass is 9.82. The van der Waals surface area contributed by atoms with Crippen LogP contribution < -0.4 is 10.1 Å². The molecule has 1 atom stereocenters. The van der Waals surface area contributed by atoms with Gasteiger partial charge in [-0.05, 0) is 12.0 Å². The summed E-state index contributed by atoms with van der Waals surface area (Å²) in [4.78, 5) is 14.0. The van der Waals surface area contributed by atoms with E-state index in [1.807, 2.05) is 24.3 Å². The molecule has 2 aliphatic rings. The Labute approximate surface area is 118 Å². The van der Waals surface area contributed by atoms with Crippen LogP contribution in [0.3, 0.4) is 0 Å². The summed E-state index contributed by atoms with van der Waals surface area (Å²) in [6, 6.07) is 7.52. The average Bonchev–Trinajstić information content (AvgIpc) is 2.64. The first-order valence-electron chi connectivity index (χ1n) is 6.95.